The van der Waals surface area contributed by atoms with E-state index in [9.17, 15) is 22.0 Å². The van der Waals surface area contributed by atoms with Gasteiger partial charge in [0.15, 0.2) is 0 Å². The van der Waals surface area contributed by atoms with E-state index in [1.165, 1.54) is 12.8 Å². The highest BCUT2D eigenvalue weighted by atomic mass is 32.2. The molecule has 9 nitrogen and oxygen atoms in total. The fraction of sp³-hybridized carbons (Fsp3) is 0.481. The second-order valence-electron chi connectivity index (χ2n) is 11.1. The Labute approximate surface area is 226 Å². The molecule has 12 heteroatoms. The molecule has 0 unspecified atom stereocenters. The van der Waals surface area contributed by atoms with E-state index >= 15 is 0 Å². The van der Waals surface area contributed by atoms with Gasteiger partial charge < -0.3 is 15.1 Å². The molecular formula is C27H32F2N6O3S. The summed E-state index contributed by atoms with van der Waals surface area (Å²) >= 11 is 0. The molecule has 0 atom stereocenters. The van der Waals surface area contributed by atoms with Crippen molar-refractivity contribution in [3.63, 3.8) is 0 Å². The monoisotopic (exact) mass is 558 g/mol. The van der Waals surface area contributed by atoms with Gasteiger partial charge in [-0.1, -0.05) is 0 Å². The average Bonchev–Trinajstić information content (AvgIpc) is 3.51. The van der Waals surface area contributed by atoms with E-state index in [0.717, 1.165) is 31.3 Å². The van der Waals surface area contributed by atoms with Crippen molar-refractivity contribution in [1.82, 2.24) is 9.78 Å². The van der Waals surface area contributed by atoms with Crippen molar-refractivity contribution in [3.05, 3.63) is 42.1 Å². The Morgan fingerprint density at radius 3 is 2.33 bits per heavy atom. The SMILES string of the molecule is CCS(=O)(=O)Nc1ccc(C(=O)Nc2cc(N3CC(F)(F)C3)c3nn(C)cc3c2)c(N2CCC3(CC2)CC3)c1. The summed E-state index contributed by atoms with van der Waals surface area (Å²) in [5, 5.41) is 8.12. The molecule has 1 aliphatic carbocycles. The number of nitrogens with zero attached hydrogens (tertiary/aromatic N) is 4. The first-order valence-electron chi connectivity index (χ1n) is 13.3. The molecule has 1 amide bonds. The fourth-order valence-electron chi connectivity index (χ4n) is 5.63. The third kappa shape index (κ3) is 5.13. The van der Waals surface area contributed by atoms with Crippen LogP contribution in [0.5, 0.6) is 0 Å². The first-order valence-corrected chi connectivity index (χ1v) is 14.9. The zero-order chi connectivity index (χ0) is 27.6. The molecule has 1 spiro atoms. The number of fused-ring (bicyclic) bond motifs is 1. The molecular weight excluding hydrogens is 526 g/mol. The van der Waals surface area contributed by atoms with Crippen molar-refractivity contribution >= 4 is 49.6 Å². The van der Waals surface area contributed by atoms with Crippen LogP contribution in [0.4, 0.5) is 31.5 Å². The summed E-state index contributed by atoms with van der Waals surface area (Å²) in [6.45, 7) is 2.36. The number of benzene rings is 2. The van der Waals surface area contributed by atoms with Crippen LogP contribution in [-0.4, -0.2) is 62.0 Å². The minimum Gasteiger partial charge on any atom is -0.371 e. The summed E-state index contributed by atoms with van der Waals surface area (Å²) in [7, 11) is -1.72. The van der Waals surface area contributed by atoms with Crippen LogP contribution in [0, 0.1) is 5.41 Å². The largest absolute Gasteiger partial charge is 0.371 e. The molecule has 1 saturated carbocycles. The lowest BCUT2D eigenvalue weighted by Crippen LogP contribution is -2.56. The molecule has 2 aromatic carbocycles. The van der Waals surface area contributed by atoms with Gasteiger partial charge in [-0.3, -0.25) is 14.2 Å². The standard InChI is InChI=1S/C27H32F2N6O3S/c1-3-39(37,38)32-19-4-5-21(22(13-19)34-10-8-26(6-7-26)9-11-34)25(36)30-20-12-18-15-33(2)31-24(18)23(14-20)35-16-27(28,29)17-35/h4-5,12-15,32H,3,6-11,16-17H2,1-2H3,(H,30,36). The number of anilines is 4. The maximum absolute atomic E-state index is 13.7. The second kappa shape index (κ2) is 9.07. The van der Waals surface area contributed by atoms with Crippen LogP contribution in [0.3, 0.4) is 0 Å². The zero-order valence-electron chi connectivity index (χ0n) is 22.0. The van der Waals surface area contributed by atoms with Gasteiger partial charge in [-0.15, -0.1) is 0 Å². The Bertz CT molecular complexity index is 1550. The van der Waals surface area contributed by atoms with Crippen molar-refractivity contribution in [3.8, 4) is 0 Å². The number of carbonyl (C=O) groups excluding carboxylic acids is 1. The topological polar surface area (TPSA) is 99.6 Å². The molecule has 208 valence electrons. The molecule has 0 bridgehead atoms. The van der Waals surface area contributed by atoms with Gasteiger partial charge in [0, 0.05) is 37.4 Å². The lowest BCUT2D eigenvalue weighted by Gasteiger charge is -2.40. The number of hydrogen-bond donors (Lipinski definition) is 2. The first kappa shape index (κ1) is 25.8. The van der Waals surface area contributed by atoms with Crippen LogP contribution >= 0.6 is 0 Å². The Hall–Kier alpha value is -3.41. The lowest BCUT2D eigenvalue weighted by molar-refractivity contribution is -0.0261. The van der Waals surface area contributed by atoms with Gasteiger partial charge >= 0.3 is 0 Å². The third-order valence-electron chi connectivity index (χ3n) is 8.16. The van der Waals surface area contributed by atoms with E-state index < -0.39 is 29.0 Å². The van der Waals surface area contributed by atoms with Gasteiger partial charge in [0.05, 0.1) is 41.5 Å². The highest BCUT2D eigenvalue weighted by Gasteiger charge is 2.45. The van der Waals surface area contributed by atoms with Crippen LogP contribution < -0.4 is 19.8 Å². The van der Waals surface area contributed by atoms with Gasteiger partial charge in [-0.2, -0.15) is 5.10 Å². The van der Waals surface area contributed by atoms with Crippen LogP contribution in [-0.2, 0) is 17.1 Å². The molecule has 2 aliphatic heterocycles. The van der Waals surface area contributed by atoms with Crippen molar-refractivity contribution in [2.75, 3.05) is 51.8 Å². The van der Waals surface area contributed by atoms with Gasteiger partial charge in [0.2, 0.25) is 10.0 Å². The highest BCUT2D eigenvalue weighted by Crippen LogP contribution is 2.54. The van der Waals surface area contributed by atoms with E-state index in [1.807, 2.05) is 0 Å². The molecule has 3 fully saturated rings. The number of rotatable bonds is 7. The molecule has 2 N–H and O–H groups in total. The molecule has 6 rings (SSSR count). The van der Waals surface area contributed by atoms with E-state index in [-0.39, 0.29) is 11.7 Å². The zero-order valence-corrected chi connectivity index (χ0v) is 22.8. The number of nitrogens with one attached hydrogen (secondary N) is 2. The minimum absolute atomic E-state index is 0.0566. The number of aromatic nitrogens is 2. The molecule has 39 heavy (non-hydrogen) atoms. The number of sulfonamides is 1. The summed E-state index contributed by atoms with van der Waals surface area (Å²) in [4.78, 5) is 17.4. The Morgan fingerprint density at radius 2 is 1.69 bits per heavy atom. The van der Waals surface area contributed by atoms with E-state index in [1.54, 1.807) is 60.1 Å². The maximum atomic E-state index is 13.7. The third-order valence-corrected chi connectivity index (χ3v) is 9.47. The van der Waals surface area contributed by atoms with Crippen molar-refractivity contribution in [2.24, 2.45) is 12.5 Å². The van der Waals surface area contributed by atoms with E-state index in [0.29, 0.717) is 39.2 Å². The minimum atomic E-state index is -3.48. The molecule has 3 aromatic rings. The fourth-order valence-corrected chi connectivity index (χ4v) is 6.26. The van der Waals surface area contributed by atoms with E-state index in [2.05, 4.69) is 20.0 Å². The number of carbonyl (C=O) groups is 1. The van der Waals surface area contributed by atoms with Gasteiger partial charge in [-0.05, 0) is 68.4 Å². The van der Waals surface area contributed by atoms with Crippen LogP contribution in [0.25, 0.3) is 10.9 Å². The normalized spacial score (nSPS) is 19.7. The number of hydrogen-bond acceptors (Lipinski definition) is 6. The Kier molecular flexibility index (Phi) is 6.01. The highest BCUT2D eigenvalue weighted by molar-refractivity contribution is 7.92. The van der Waals surface area contributed by atoms with Gasteiger partial charge in [-0.25, -0.2) is 17.2 Å². The predicted octanol–water partition coefficient (Wildman–Crippen LogP) is 4.42. The van der Waals surface area contributed by atoms with E-state index in [4.69, 9.17) is 0 Å². The molecule has 0 radical (unpaired) electrons. The summed E-state index contributed by atoms with van der Waals surface area (Å²) in [6, 6.07) is 8.42. The maximum Gasteiger partial charge on any atom is 0.282 e. The number of piperidine rings is 1. The van der Waals surface area contributed by atoms with Crippen LogP contribution in [0.15, 0.2) is 36.5 Å². The lowest BCUT2D eigenvalue weighted by atomic mass is 9.93. The van der Waals surface area contributed by atoms with Crippen molar-refractivity contribution < 1.29 is 22.0 Å². The average molecular weight is 559 g/mol. The van der Waals surface area contributed by atoms with Gasteiger partial charge in [0.25, 0.3) is 11.8 Å². The number of aryl methyl sites for hydroxylation is 1. The summed E-state index contributed by atoms with van der Waals surface area (Å²) in [5.41, 5.74) is 3.56. The van der Waals surface area contributed by atoms with Crippen LogP contribution in [0.1, 0.15) is 43.0 Å². The molecule has 1 aromatic heterocycles. The quantitative estimate of drug-likeness (QED) is 0.445. The predicted molar refractivity (Wildman–Crippen MR) is 148 cm³/mol. The number of alkyl halides is 2. The van der Waals surface area contributed by atoms with Crippen molar-refractivity contribution in [1.29, 1.82) is 0 Å². The summed E-state index contributed by atoms with van der Waals surface area (Å²) < 4.78 is 56.0. The first-order chi connectivity index (χ1) is 18.4. The summed E-state index contributed by atoms with van der Waals surface area (Å²) in [6.07, 6.45) is 6.36. The smallest absolute Gasteiger partial charge is 0.282 e. The molecule has 2 saturated heterocycles. The molecule has 3 heterocycles. The van der Waals surface area contributed by atoms with Crippen molar-refractivity contribution in [2.45, 2.75) is 38.5 Å². The van der Waals surface area contributed by atoms with Crippen LogP contribution in [0.2, 0.25) is 0 Å². The Morgan fingerprint density at radius 1 is 1.00 bits per heavy atom. The number of halogens is 2. The van der Waals surface area contributed by atoms with Gasteiger partial charge in [0.1, 0.15) is 5.52 Å². The Balaban J connectivity index is 1.31. The molecule has 3 aliphatic rings. The second-order valence-corrected chi connectivity index (χ2v) is 13.1. The number of amides is 1. The summed E-state index contributed by atoms with van der Waals surface area (Å²) in [5.74, 6) is -3.16.